The van der Waals surface area contributed by atoms with Gasteiger partial charge in [0.15, 0.2) is 0 Å². The number of non-ortho nitro benzene ring substituents is 1. The molecule has 0 bridgehead atoms. The molecule has 2 rings (SSSR count). The Morgan fingerprint density at radius 3 is 2.57 bits per heavy atom. The van der Waals surface area contributed by atoms with Crippen LogP contribution in [0, 0.1) is 10.1 Å². The van der Waals surface area contributed by atoms with Crippen LogP contribution in [-0.2, 0) is 0 Å². The zero-order chi connectivity index (χ0) is 15.4. The van der Waals surface area contributed by atoms with Crippen LogP contribution in [0.4, 0.5) is 11.4 Å². The molecule has 21 heavy (non-hydrogen) atoms. The van der Waals surface area contributed by atoms with Crippen molar-refractivity contribution in [3.63, 3.8) is 0 Å². The lowest BCUT2D eigenvalue weighted by Gasteiger charge is -2.20. The SMILES string of the molecule is CCC(Nc1ccc([N+](=O)[O-])cc1Br)c1cccc(Br)c1. The number of nitrogens with zero attached hydrogens (tertiary/aromatic N) is 1. The van der Waals surface area contributed by atoms with Gasteiger partial charge in [-0.05, 0) is 46.1 Å². The summed E-state index contributed by atoms with van der Waals surface area (Å²) in [4.78, 5) is 10.4. The number of anilines is 1. The Morgan fingerprint density at radius 1 is 1.24 bits per heavy atom. The summed E-state index contributed by atoms with van der Waals surface area (Å²) in [5.41, 5.74) is 2.08. The molecular formula is C15H14Br2N2O2. The lowest BCUT2D eigenvalue weighted by Crippen LogP contribution is -2.10. The molecular weight excluding hydrogens is 400 g/mol. The number of nitrogens with one attached hydrogen (secondary N) is 1. The summed E-state index contributed by atoms with van der Waals surface area (Å²) in [6.07, 6.45) is 0.903. The van der Waals surface area contributed by atoms with Crippen LogP contribution in [0.5, 0.6) is 0 Å². The minimum absolute atomic E-state index is 0.0722. The second-order valence-electron chi connectivity index (χ2n) is 4.58. The van der Waals surface area contributed by atoms with Crippen molar-refractivity contribution in [3.05, 3.63) is 67.1 Å². The fraction of sp³-hybridized carbons (Fsp3) is 0.200. The quantitative estimate of drug-likeness (QED) is 0.506. The van der Waals surface area contributed by atoms with Gasteiger partial charge >= 0.3 is 0 Å². The summed E-state index contributed by atoms with van der Waals surface area (Å²) in [5.74, 6) is 0. The van der Waals surface area contributed by atoms with Gasteiger partial charge in [-0.15, -0.1) is 0 Å². The number of benzene rings is 2. The van der Waals surface area contributed by atoms with Crippen LogP contribution in [0.25, 0.3) is 0 Å². The Balaban J connectivity index is 2.25. The zero-order valence-corrected chi connectivity index (χ0v) is 14.5. The highest BCUT2D eigenvalue weighted by Crippen LogP contribution is 2.31. The molecule has 0 saturated heterocycles. The summed E-state index contributed by atoms with van der Waals surface area (Å²) in [5, 5.41) is 14.2. The number of halogens is 2. The third kappa shape index (κ3) is 4.04. The highest BCUT2D eigenvalue weighted by molar-refractivity contribution is 9.10. The number of nitro benzene ring substituents is 1. The average Bonchev–Trinajstić information content (AvgIpc) is 2.45. The molecule has 0 fully saturated rings. The molecule has 0 spiro atoms. The van der Waals surface area contributed by atoms with Gasteiger partial charge in [0.05, 0.1) is 11.0 Å². The third-order valence-electron chi connectivity index (χ3n) is 3.15. The van der Waals surface area contributed by atoms with Crippen LogP contribution >= 0.6 is 31.9 Å². The lowest BCUT2D eigenvalue weighted by atomic mass is 10.0. The molecule has 6 heteroatoms. The van der Waals surface area contributed by atoms with Crippen molar-refractivity contribution in [2.75, 3.05) is 5.32 Å². The molecule has 2 aromatic rings. The smallest absolute Gasteiger partial charge is 0.270 e. The standard InChI is InChI=1S/C15H14Br2N2O2/c1-2-14(10-4-3-5-11(16)8-10)18-15-7-6-12(19(20)21)9-13(15)17/h3-9,14,18H,2H2,1H3. The Kier molecular flexibility index (Phi) is 5.36. The van der Waals surface area contributed by atoms with E-state index in [-0.39, 0.29) is 11.7 Å². The first-order valence-corrected chi connectivity index (χ1v) is 8.05. The molecule has 110 valence electrons. The van der Waals surface area contributed by atoms with Crippen LogP contribution in [-0.4, -0.2) is 4.92 Å². The molecule has 0 saturated carbocycles. The highest BCUT2D eigenvalue weighted by Gasteiger charge is 2.13. The van der Waals surface area contributed by atoms with Gasteiger partial charge in [0.25, 0.3) is 5.69 Å². The van der Waals surface area contributed by atoms with Gasteiger partial charge in [-0.25, -0.2) is 0 Å². The van der Waals surface area contributed by atoms with Crippen LogP contribution in [0.15, 0.2) is 51.4 Å². The van der Waals surface area contributed by atoms with Crippen LogP contribution < -0.4 is 5.32 Å². The van der Waals surface area contributed by atoms with E-state index in [0.29, 0.717) is 4.47 Å². The fourth-order valence-corrected chi connectivity index (χ4v) is 2.96. The molecule has 1 N–H and O–H groups in total. The van der Waals surface area contributed by atoms with E-state index >= 15 is 0 Å². The maximum Gasteiger partial charge on any atom is 0.270 e. The van der Waals surface area contributed by atoms with Gasteiger partial charge in [0.2, 0.25) is 0 Å². The van der Waals surface area contributed by atoms with E-state index in [1.54, 1.807) is 6.07 Å². The molecule has 4 nitrogen and oxygen atoms in total. The predicted octanol–water partition coefficient (Wildman–Crippen LogP) is 5.68. The first-order valence-electron chi connectivity index (χ1n) is 6.47. The molecule has 0 aliphatic rings. The first-order chi connectivity index (χ1) is 10.0. The number of nitro groups is 1. The van der Waals surface area contributed by atoms with E-state index < -0.39 is 4.92 Å². The van der Waals surface area contributed by atoms with Gasteiger partial charge < -0.3 is 5.32 Å². The Morgan fingerprint density at radius 2 is 2.00 bits per heavy atom. The zero-order valence-electron chi connectivity index (χ0n) is 11.3. The Hall–Kier alpha value is -1.40. The summed E-state index contributed by atoms with van der Waals surface area (Å²) in [7, 11) is 0. The van der Waals surface area contributed by atoms with Crippen molar-refractivity contribution in [1.29, 1.82) is 0 Å². The molecule has 0 heterocycles. The third-order valence-corrected chi connectivity index (χ3v) is 4.30. The Labute approximate surface area is 140 Å². The first kappa shape index (κ1) is 16.0. The van der Waals surface area contributed by atoms with Crippen molar-refractivity contribution in [2.45, 2.75) is 19.4 Å². The average molecular weight is 414 g/mol. The second kappa shape index (κ2) is 7.04. The Bertz CT molecular complexity index is 662. The van der Waals surface area contributed by atoms with Gasteiger partial charge in [-0.3, -0.25) is 10.1 Å². The van der Waals surface area contributed by atoms with Crippen molar-refractivity contribution in [3.8, 4) is 0 Å². The molecule has 0 aromatic heterocycles. The van der Waals surface area contributed by atoms with Crippen LogP contribution in [0.2, 0.25) is 0 Å². The molecule has 0 amide bonds. The lowest BCUT2D eigenvalue weighted by molar-refractivity contribution is -0.384. The highest BCUT2D eigenvalue weighted by atomic mass is 79.9. The van der Waals surface area contributed by atoms with E-state index in [4.69, 9.17) is 0 Å². The summed E-state index contributed by atoms with van der Waals surface area (Å²) in [6.45, 7) is 2.10. The van der Waals surface area contributed by atoms with E-state index in [1.165, 1.54) is 12.1 Å². The van der Waals surface area contributed by atoms with Crippen LogP contribution in [0.1, 0.15) is 24.9 Å². The number of rotatable bonds is 5. The van der Waals surface area contributed by atoms with E-state index in [2.05, 4.69) is 56.2 Å². The monoisotopic (exact) mass is 412 g/mol. The normalized spacial score (nSPS) is 12.0. The molecule has 0 aliphatic carbocycles. The van der Waals surface area contributed by atoms with E-state index in [1.807, 2.05) is 12.1 Å². The van der Waals surface area contributed by atoms with Crippen molar-refractivity contribution >= 4 is 43.2 Å². The maximum atomic E-state index is 10.8. The second-order valence-corrected chi connectivity index (χ2v) is 6.35. The minimum Gasteiger partial charge on any atom is -0.377 e. The van der Waals surface area contributed by atoms with Gasteiger partial charge in [0, 0.05) is 26.8 Å². The van der Waals surface area contributed by atoms with Crippen molar-refractivity contribution < 1.29 is 4.92 Å². The topological polar surface area (TPSA) is 55.2 Å². The van der Waals surface area contributed by atoms with Crippen molar-refractivity contribution in [1.82, 2.24) is 0 Å². The van der Waals surface area contributed by atoms with Gasteiger partial charge in [0.1, 0.15) is 0 Å². The largest absolute Gasteiger partial charge is 0.377 e. The number of hydrogen-bond donors (Lipinski definition) is 1. The van der Waals surface area contributed by atoms with Gasteiger partial charge in [-0.2, -0.15) is 0 Å². The molecule has 0 radical (unpaired) electrons. The molecule has 1 atom stereocenters. The van der Waals surface area contributed by atoms with Crippen LogP contribution in [0.3, 0.4) is 0 Å². The molecule has 2 aromatic carbocycles. The summed E-state index contributed by atoms with van der Waals surface area (Å²) >= 11 is 6.86. The summed E-state index contributed by atoms with van der Waals surface area (Å²) < 4.78 is 1.72. The molecule has 1 unspecified atom stereocenters. The van der Waals surface area contributed by atoms with Crippen molar-refractivity contribution in [2.24, 2.45) is 0 Å². The van der Waals surface area contributed by atoms with Gasteiger partial charge in [-0.1, -0.05) is 35.0 Å². The van der Waals surface area contributed by atoms with E-state index in [9.17, 15) is 10.1 Å². The predicted molar refractivity (Wildman–Crippen MR) is 91.6 cm³/mol. The minimum atomic E-state index is -0.403. The maximum absolute atomic E-state index is 10.8. The number of hydrogen-bond acceptors (Lipinski definition) is 3. The van der Waals surface area contributed by atoms with E-state index in [0.717, 1.165) is 22.1 Å². The summed E-state index contributed by atoms with van der Waals surface area (Å²) in [6, 6.07) is 13.0. The molecule has 0 aliphatic heterocycles. The fourth-order valence-electron chi connectivity index (χ4n) is 2.07.